The molecule has 0 fully saturated rings. The second kappa shape index (κ2) is 46.5. The Bertz CT molecular complexity index is 39.7. The minimum atomic E-state index is 0.184. The Morgan fingerprint density at radius 2 is 0.786 bits per heavy atom. The predicted octanol–water partition coefficient (Wildman–Crippen LogP) is -0.339. The van der Waals surface area contributed by atoms with Gasteiger partial charge in [0.2, 0.25) is 0 Å². The monoisotopic (exact) mass is 370 g/mol. The topological polar surface area (TPSA) is 60.7 Å². The van der Waals surface area contributed by atoms with E-state index < -0.39 is 0 Å². The van der Waals surface area contributed by atoms with Crippen LogP contribution in [0.5, 0.6) is 0 Å². The van der Waals surface area contributed by atoms with Gasteiger partial charge in [0.15, 0.2) is 0 Å². The molecule has 0 aromatic carbocycles. The third-order valence-electron chi connectivity index (χ3n) is 0.300. The van der Waals surface area contributed by atoms with Gasteiger partial charge >= 0.3 is 27.5 Å². The number of hydrogen-bond acceptors (Lipinski definition) is 6. The third kappa shape index (κ3) is 99.5. The summed E-state index contributed by atoms with van der Waals surface area (Å²) in [7, 11) is 0. The second-order valence-corrected chi connectivity index (χ2v) is 2.68. The summed E-state index contributed by atoms with van der Waals surface area (Å²) >= 11 is 12.4. The summed E-state index contributed by atoms with van der Waals surface area (Å²) in [4.78, 5) is 2.13. The van der Waals surface area contributed by atoms with E-state index in [4.69, 9.17) is 15.3 Å². The Morgan fingerprint density at radius 1 is 0.714 bits per heavy atom. The molecular formula is C7H22O3S3Sn. The summed E-state index contributed by atoms with van der Waals surface area (Å²) in [6.45, 7) is 0.551. The molecular weight excluding hydrogens is 347 g/mol. The molecule has 3 N–H and O–H groups in total. The Kier molecular flexibility index (Phi) is 82.3. The van der Waals surface area contributed by atoms with Crippen molar-refractivity contribution in [3.8, 4) is 0 Å². The van der Waals surface area contributed by atoms with E-state index in [0.717, 1.165) is 0 Å². The maximum absolute atomic E-state index is 7.80. The van der Waals surface area contributed by atoms with Crippen molar-refractivity contribution >= 4 is 60.4 Å². The number of aliphatic hydroxyl groups excluding tert-OH is 3. The molecule has 0 heterocycles. The minimum absolute atomic E-state index is 0.184. The molecule has 0 amide bonds. The summed E-state index contributed by atoms with van der Waals surface area (Å²) < 4.78 is 0. The maximum atomic E-state index is 7.80. The van der Waals surface area contributed by atoms with Gasteiger partial charge in [-0.25, -0.2) is 0 Å². The fourth-order valence-electron chi connectivity index (χ4n) is 0. The van der Waals surface area contributed by atoms with Crippen molar-refractivity contribution in [2.24, 2.45) is 0 Å². The molecule has 90 valence electrons. The van der Waals surface area contributed by atoms with Gasteiger partial charge in [-0.2, -0.15) is 37.9 Å². The Morgan fingerprint density at radius 3 is 0.786 bits per heavy atom. The van der Waals surface area contributed by atoms with E-state index in [0.29, 0.717) is 17.3 Å². The van der Waals surface area contributed by atoms with Crippen LogP contribution < -0.4 is 0 Å². The molecule has 0 unspecified atom stereocenters. The fraction of sp³-hybridized carbons (Fsp3) is 1.00. The van der Waals surface area contributed by atoms with E-state index in [1.807, 2.05) is 0 Å². The number of aliphatic hydroxyl groups is 3. The van der Waals surface area contributed by atoms with E-state index in [2.05, 4.69) is 42.8 Å². The van der Waals surface area contributed by atoms with Crippen LogP contribution in [0.25, 0.3) is 0 Å². The van der Waals surface area contributed by atoms with Crippen molar-refractivity contribution in [1.82, 2.24) is 0 Å². The van der Waals surface area contributed by atoms with E-state index in [1.54, 1.807) is 0 Å². The molecule has 0 saturated carbocycles. The zero-order valence-electron chi connectivity index (χ0n) is 8.50. The van der Waals surface area contributed by atoms with Crippen molar-refractivity contribution in [1.29, 1.82) is 0 Å². The molecule has 7 heteroatoms. The first-order valence-electron chi connectivity index (χ1n) is 3.97. The van der Waals surface area contributed by atoms with Gasteiger partial charge in [0.05, 0.1) is 19.8 Å². The van der Waals surface area contributed by atoms with Crippen LogP contribution in [-0.2, 0) is 0 Å². The summed E-state index contributed by atoms with van der Waals surface area (Å²) in [5.74, 6) is 1.71. The number of rotatable bonds is 3. The Hall–Kier alpha value is 1.73. The summed E-state index contributed by atoms with van der Waals surface area (Å²) in [5, 5.41) is 23.4. The molecule has 0 aromatic rings. The van der Waals surface area contributed by atoms with Gasteiger partial charge in [-0.1, -0.05) is 0 Å². The molecule has 0 atom stereocenters. The van der Waals surface area contributed by atoms with Crippen LogP contribution in [0.2, 0.25) is 4.94 Å². The Labute approximate surface area is 117 Å². The third-order valence-corrected chi connectivity index (χ3v) is 0.900. The van der Waals surface area contributed by atoms with Crippen LogP contribution in [0.1, 0.15) is 0 Å². The van der Waals surface area contributed by atoms with Crippen LogP contribution in [-0.4, -0.2) is 74.9 Å². The predicted molar refractivity (Wildman–Crippen MR) is 75.8 cm³/mol. The average molecular weight is 369 g/mol. The Balaban J connectivity index is -0.0000000492. The first kappa shape index (κ1) is 24.8. The number of hydrogen-bond donors (Lipinski definition) is 6. The van der Waals surface area contributed by atoms with Crippen LogP contribution in [0, 0.1) is 0 Å². The van der Waals surface area contributed by atoms with Crippen LogP contribution >= 0.6 is 37.9 Å². The van der Waals surface area contributed by atoms with Gasteiger partial charge in [-0.15, -0.1) is 0 Å². The van der Waals surface area contributed by atoms with Gasteiger partial charge in [-0.05, 0) is 0 Å². The van der Waals surface area contributed by atoms with Gasteiger partial charge in [-0.3, -0.25) is 0 Å². The first-order chi connectivity index (χ1) is 6.74. The second-order valence-electron chi connectivity index (χ2n) is 1.34. The molecule has 0 aromatic heterocycles. The quantitative estimate of drug-likeness (QED) is 0.305. The number of thiol groups is 3. The molecule has 0 saturated heterocycles. The van der Waals surface area contributed by atoms with Gasteiger partial charge in [0.25, 0.3) is 0 Å². The molecule has 3 nitrogen and oxygen atoms in total. The summed E-state index contributed by atoms with van der Waals surface area (Å²) in [6, 6.07) is 0. The molecule has 0 aliphatic rings. The zero-order chi connectivity index (χ0) is 12.2. The molecule has 14 heavy (non-hydrogen) atoms. The summed E-state index contributed by atoms with van der Waals surface area (Å²) in [5.41, 5.74) is 0. The van der Waals surface area contributed by atoms with Crippen molar-refractivity contribution in [3.63, 3.8) is 0 Å². The molecule has 0 aliphatic carbocycles. The van der Waals surface area contributed by atoms with E-state index >= 15 is 0 Å². The van der Waals surface area contributed by atoms with Crippen LogP contribution in [0.15, 0.2) is 0 Å². The standard InChI is InChI=1S/3C2H6OS.CH3.Sn.H/c3*3-1-2-4;;;/h3*3-4H,1-2H2;1H3;;. The average Bonchev–Trinajstić information content (AvgIpc) is 2.31. The van der Waals surface area contributed by atoms with Crippen molar-refractivity contribution in [2.75, 3.05) is 37.1 Å². The molecule has 0 rings (SSSR count). The van der Waals surface area contributed by atoms with Crippen molar-refractivity contribution in [2.45, 2.75) is 4.94 Å². The van der Waals surface area contributed by atoms with Gasteiger partial charge < -0.3 is 15.3 Å². The van der Waals surface area contributed by atoms with Crippen molar-refractivity contribution in [3.05, 3.63) is 0 Å². The van der Waals surface area contributed by atoms with E-state index in [9.17, 15) is 0 Å². The molecule has 0 bridgehead atoms. The van der Waals surface area contributed by atoms with Gasteiger partial charge in [0.1, 0.15) is 0 Å². The van der Waals surface area contributed by atoms with Gasteiger partial charge in [0, 0.05) is 17.3 Å². The molecule has 0 aliphatic heterocycles. The van der Waals surface area contributed by atoms with E-state index in [-0.39, 0.29) is 19.8 Å². The normalized spacial score (nSPS) is 6.86. The van der Waals surface area contributed by atoms with E-state index in [1.165, 1.54) is 22.5 Å². The summed E-state index contributed by atoms with van der Waals surface area (Å²) in [6.07, 6.45) is 0. The zero-order valence-corrected chi connectivity index (χ0v) is 14.5. The molecule has 2 radical (unpaired) electrons. The fourth-order valence-corrected chi connectivity index (χ4v) is 0. The van der Waals surface area contributed by atoms with Crippen LogP contribution in [0.4, 0.5) is 0 Å². The van der Waals surface area contributed by atoms with Crippen molar-refractivity contribution < 1.29 is 15.3 Å². The SMILES string of the molecule is OCCS.OCCS.OCCS.[CH3][SnH]. The van der Waals surface area contributed by atoms with Crippen LogP contribution in [0.3, 0.4) is 0 Å². The molecule has 0 spiro atoms. The first-order valence-corrected chi connectivity index (χ1v) is 9.17.